The van der Waals surface area contributed by atoms with Crippen LogP contribution < -0.4 is 0 Å². The van der Waals surface area contributed by atoms with Crippen LogP contribution in [-0.4, -0.2) is 0 Å². The van der Waals surface area contributed by atoms with Crippen molar-refractivity contribution in [2.45, 2.75) is 51.9 Å². The van der Waals surface area contributed by atoms with E-state index in [0.717, 1.165) is 11.2 Å². The van der Waals surface area contributed by atoms with Crippen molar-refractivity contribution >= 4 is 42.7 Å². The van der Waals surface area contributed by atoms with Crippen molar-refractivity contribution in [3.63, 3.8) is 0 Å². The first kappa shape index (κ1) is 19.4. The van der Waals surface area contributed by atoms with Crippen molar-refractivity contribution in [1.29, 1.82) is 0 Å². The van der Waals surface area contributed by atoms with E-state index < -0.39 is 0 Å². The van der Waals surface area contributed by atoms with Gasteiger partial charge in [0.1, 0.15) is 5.58 Å². The molecule has 0 aliphatic rings. The average Bonchev–Trinajstić information content (AvgIpc) is 3.32. The van der Waals surface area contributed by atoms with Gasteiger partial charge in [-0.15, -0.1) is 11.3 Å². The lowest BCUT2D eigenvalue weighted by molar-refractivity contribution is 0.607. The van der Waals surface area contributed by atoms with Gasteiger partial charge in [0.25, 0.3) is 0 Å². The maximum Gasteiger partial charge on any atom is 0.154 e. The van der Waals surface area contributed by atoms with Gasteiger partial charge in [0, 0.05) is 15.5 Å². The predicted octanol–water partition coefficient (Wildman–Crippen LogP) is 9.37. The summed E-state index contributed by atoms with van der Waals surface area (Å²) in [6.45, 7) is 2.28. The van der Waals surface area contributed by atoms with Crippen LogP contribution in [0.4, 0.5) is 0 Å². The molecule has 0 atom stereocenters. The van der Waals surface area contributed by atoms with Crippen LogP contribution in [0.3, 0.4) is 0 Å². The lowest BCUT2D eigenvalue weighted by atomic mass is 10.0. The summed E-state index contributed by atoms with van der Waals surface area (Å²) >= 11 is 1.84. The second-order valence-corrected chi connectivity index (χ2v) is 9.34. The Morgan fingerprint density at radius 3 is 2.37 bits per heavy atom. The number of aryl methyl sites for hydroxylation is 1. The summed E-state index contributed by atoms with van der Waals surface area (Å²) in [4.78, 5) is 0. The van der Waals surface area contributed by atoms with Crippen molar-refractivity contribution < 1.29 is 4.42 Å². The standard InChI is InChI=1S/C28H28OS/c1-2-3-4-5-6-7-10-20-13-15-21(16-14-20)22-17-18-24-26(19-22)30-28-23-11-8-9-12-25(23)29-27(24)28/h8-9,11-19H,2-7,10H2,1H3. The van der Waals surface area contributed by atoms with Gasteiger partial charge in [0.05, 0.1) is 4.70 Å². The Kier molecular flexibility index (Phi) is 5.59. The van der Waals surface area contributed by atoms with Crippen LogP contribution in [-0.2, 0) is 6.42 Å². The second kappa shape index (κ2) is 8.65. The van der Waals surface area contributed by atoms with E-state index in [9.17, 15) is 0 Å². The topological polar surface area (TPSA) is 13.1 Å². The summed E-state index contributed by atoms with van der Waals surface area (Å²) in [5, 5.41) is 2.43. The molecule has 2 aromatic heterocycles. The molecule has 0 N–H and O–H groups in total. The molecule has 1 nitrogen and oxygen atoms in total. The molecule has 30 heavy (non-hydrogen) atoms. The van der Waals surface area contributed by atoms with E-state index in [2.05, 4.69) is 67.6 Å². The van der Waals surface area contributed by atoms with E-state index in [-0.39, 0.29) is 0 Å². The van der Waals surface area contributed by atoms with Gasteiger partial charge in [-0.2, -0.15) is 0 Å². The van der Waals surface area contributed by atoms with Crippen molar-refractivity contribution in [1.82, 2.24) is 0 Å². The summed E-state index contributed by atoms with van der Waals surface area (Å²) in [6, 6.07) is 24.2. The van der Waals surface area contributed by atoms with Gasteiger partial charge in [-0.3, -0.25) is 0 Å². The number of hydrogen-bond donors (Lipinski definition) is 0. The monoisotopic (exact) mass is 412 g/mol. The Morgan fingerprint density at radius 1 is 0.733 bits per heavy atom. The summed E-state index contributed by atoms with van der Waals surface area (Å²) in [6.07, 6.45) is 9.32. The van der Waals surface area contributed by atoms with E-state index in [1.54, 1.807) is 0 Å². The van der Waals surface area contributed by atoms with Crippen LogP contribution in [0.2, 0.25) is 0 Å². The first-order valence-corrected chi connectivity index (χ1v) is 12.1. The number of rotatable bonds is 8. The molecule has 3 aromatic carbocycles. The zero-order chi connectivity index (χ0) is 20.3. The Balaban J connectivity index is 1.33. The molecular weight excluding hydrogens is 384 g/mol. The number of thiophene rings is 1. The number of para-hydroxylation sites is 1. The molecule has 0 saturated carbocycles. The molecule has 0 radical (unpaired) electrons. The minimum absolute atomic E-state index is 0.977. The molecule has 0 amide bonds. The van der Waals surface area contributed by atoms with Gasteiger partial charge in [-0.1, -0.05) is 81.5 Å². The first-order chi connectivity index (χ1) is 14.8. The third-order valence-corrected chi connectivity index (χ3v) is 7.26. The molecule has 0 bridgehead atoms. The number of hydrogen-bond acceptors (Lipinski definition) is 2. The number of unbranched alkanes of at least 4 members (excludes halogenated alkanes) is 5. The lowest BCUT2D eigenvalue weighted by Crippen LogP contribution is -1.87. The van der Waals surface area contributed by atoms with E-state index >= 15 is 0 Å². The van der Waals surface area contributed by atoms with Crippen LogP contribution in [0, 0.1) is 0 Å². The normalized spacial score (nSPS) is 11.8. The van der Waals surface area contributed by atoms with Gasteiger partial charge in [-0.05, 0) is 53.8 Å². The van der Waals surface area contributed by atoms with Crippen molar-refractivity contribution in [2.75, 3.05) is 0 Å². The molecular formula is C28H28OS. The minimum Gasteiger partial charge on any atom is -0.454 e. The van der Waals surface area contributed by atoms with Gasteiger partial charge in [0.2, 0.25) is 0 Å². The highest BCUT2D eigenvalue weighted by Crippen LogP contribution is 2.41. The van der Waals surface area contributed by atoms with Gasteiger partial charge in [-0.25, -0.2) is 0 Å². The Morgan fingerprint density at radius 2 is 1.50 bits per heavy atom. The summed E-state index contributed by atoms with van der Waals surface area (Å²) in [5.74, 6) is 0. The third kappa shape index (κ3) is 3.77. The van der Waals surface area contributed by atoms with E-state index in [4.69, 9.17) is 4.42 Å². The van der Waals surface area contributed by atoms with E-state index in [1.165, 1.54) is 81.8 Å². The van der Waals surface area contributed by atoms with Crippen LogP contribution in [0.25, 0.3) is 42.5 Å². The van der Waals surface area contributed by atoms with Crippen molar-refractivity contribution in [3.8, 4) is 11.1 Å². The second-order valence-electron chi connectivity index (χ2n) is 8.28. The number of fused-ring (bicyclic) bond motifs is 5. The molecule has 0 spiro atoms. The lowest BCUT2D eigenvalue weighted by Gasteiger charge is -2.05. The number of furan rings is 1. The molecule has 0 aliphatic heterocycles. The fraction of sp³-hybridized carbons (Fsp3) is 0.286. The van der Waals surface area contributed by atoms with E-state index in [1.807, 2.05) is 17.4 Å². The molecule has 0 fully saturated rings. The van der Waals surface area contributed by atoms with Crippen molar-refractivity contribution in [2.24, 2.45) is 0 Å². The predicted molar refractivity (Wildman–Crippen MR) is 132 cm³/mol. The highest BCUT2D eigenvalue weighted by atomic mass is 32.1. The molecule has 5 aromatic rings. The largest absolute Gasteiger partial charge is 0.454 e. The minimum atomic E-state index is 0.977. The maximum atomic E-state index is 6.15. The maximum absolute atomic E-state index is 6.15. The third-order valence-electron chi connectivity index (χ3n) is 6.09. The SMILES string of the molecule is CCCCCCCCc1ccc(-c2ccc3c(c2)sc2c4ccccc4oc32)cc1. The first-order valence-electron chi connectivity index (χ1n) is 11.3. The Hall–Kier alpha value is -2.58. The summed E-state index contributed by atoms with van der Waals surface area (Å²) in [7, 11) is 0. The highest BCUT2D eigenvalue weighted by Gasteiger charge is 2.14. The van der Waals surface area contributed by atoms with Gasteiger partial charge < -0.3 is 4.42 Å². The molecule has 2 heteroatoms. The summed E-state index contributed by atoms with van der Waals surface area (Å²) < 4.78 is 8.70. The zero-order valence-electron chi connectivity index (χ0n) is 17.6. The van der Waals surface area contributed by atoms with Crippen LogP contribution in [0.15, 0.2) is 71.1 Å². The van der Waals surface area contributed by atoms with Crippen LogP contribution in [0.1, 0.15) is 51.0 Å². The van der Waals surface area contributed by atoms with E-state index in [0.29, 0.717) is 0 Å². The van der Waals surface area contributed by atoms with Gasteiger partial charge in [0.15, 0.2) is 5.58 Å². The Labute approximate surface area is 182 Å². The fourth-order valence-corrected chi connectivity index (χ4v) is 5.56. The van der Waals surface area contributed by atoms with Gasteiger partial charge >= 0.3 is 0 Å². The highest BCUT2D eigenvalue weighted by molar-refractivity contribution is 7.26. The molecule has 152 valence electrons. The molecule has 2 heterocycles. The molecule has 0 saturated heterocycles. The fourth-order valence-electron chi connectivity index (χ4n) is 4.36. The smallest absolute Gasteiger partial charge is 0.154 e. The average molecular weight is 413 g/mol. The summed E-state index contributed by atoms with van der Waals surface area (Å²) in [5.41, 5.74) is 6.03. The van der Waals surface area contributed by atoms with Crippen LogP contribution >= 0.6 is 11.3 Å². The van der Waals surface area contributed by atoms with Crippen molar-refractivity contribution in [3.05, 3.63) is 72.3 Å². The molecule has 5 rings (SSSR count). The molecule has 0 unspecified atom stereocenters. The number of benzene rings is 3. The van der Waals surface area contributed by atoms with Crippen LogP contribution in [0.5, 0.6) is 0 Å². The zero-order valence-corrected chi connectivity index (χ0v) is 18.4. The Bertz CT molecular complexity index is 1270. The molecule has 0 aliphatic carbocycles. The quantitative estimate of drug-likeness (QED) is 0.231.